The van der Waals surface area contributed by atoms with Crippen molar-refractivity contribution in [2.75, 3.05) is 25.2 Å². The zero-order chi connectivity index (χ0) is 19.3. The van der Waals surface area contributed by atoms with E-state index in [-0.39, 0.29) is 10.8 Å². The van der Waals surface area contributed by atoms with Crippen LogP contribution in [-0.2, 0) is 14.8 Å². The highest BCUT2D eigenvalue weighted by Gasteiger charge is 2.18. The van der Waals surface area contributed by atoms with Gasteiger partial charge in [0.05, 0.1) is 4.90 Å². The van der Waals surface area contributed by atoms with Crippen molar-refractivity contribution in [2.45, 2.75) is 23.1 Å². The lowest BCUT2D eigenvalue weighted by atomic mass is 10.2. The van der Waals surface area contributed by atoms with Crippen LogP contribution in [0.2, 0.25) is 5.02 Å². The monoisotopic (exact) mass is 412 g/mol. The predicted octanol–water partition coefficient (Wildman–Crippen LogP) is 4.02. The van der Waals surface area contributed by atoms with Crippen molar-refractivity contribution in [1.29, 1.82) is 0 Å². The standard InChI is InChI=1S/C18H21ClN2O3S2/c1-13-4-9-16(26(23,24)21(2)3)12-17(13)20-18(22)10-11-25-15-7-5-14(19)6-8-15/h4-9,12H,10-11H2,1-3H3,(H,20,22). The van der Waals surface area contributed by atoms with E-state index in [0.717, 1.165) is 14.8 Å². The number of hydrogen-bond donors (Lipinski definition) is 1. The molecule has 5 nitrogen and oxygen atoms in total. The first kappa shape index (κ1) is 20.8. The van der Waals surface area contributed by atoms with Crippen LogP contribution in [0.1, 0.15) is 12.0 Å². The summed E-state index contributed by atoms with van der Waals surface area (Å²) in [4.78, 5) is 13.4. The molecule has 0 aliphatic carbocycles. The molecule has 2 rings (SSSR count). The van der Waals surface area contributed by atoms with Crippen LogP contribution in [0, 0.1) is 6.92 Å². The summed E-state index contributed by atoms with van der Waals surface area (Å²) < 4.78 is 25.6. The number of sulfonamides is 1. The number of benzene rings is 2. The Bertz CT molecular complexity index is 882. The van der Waals surface area contributed by atoms with Gasteiger partial charge in [0.2, 0.25) is 15.9 Å². The third kappa shape index (κ3) is 5.48. The van der Waals surface area contributed by atoms with Crippen LogP contribution in [0.5, 0.6) is 0 Å². The number of carbonyl (C=O) groups is 1. The average molecular weight is 413 g/mol. The van der Waals surface area contributed by atoms with Gasteiger partial charge in [0.1, 0.15) is 0 Å². The number of carbonyl (C=O) groups excluding carboxylic acids is 1. The Balaban J connectivity index is 1.99. The molecule has 0 heterocycles. The predicted molar refractivity (Wildman–Crippen MR) is 107 cm³/mol. The van der Waals surface area contributed by atoms with Gasteiger partial charge in [0, 0.05) is 41.9 Å². The smallest absolute Gasteiger partial charge is 0.242 e. The first-order valence-corrected chi connectivity index (χ1v) is 10.7. The number of amides is 1. The van der Waals surface area contributed by atoms with Crippen molar-refractivity contribution in [3.05, 3.63) is 53.1 Å². The van der Waals surface area contributed by atoms with Gasteiger partial charge >= 0.3 is 0 Å². The number of aryl methyl sites for hydroxylation is 1. The van der Waals surface area contributed by atoms with E-state index in [1.54, 1.807) is 17.8 Å². The molecule has 0 radical (unpaired) electrons. The summed E-state index contributed by atoms with van der Waals surface area (Å²) in [6.45, 7) is 1.82. The van der Waals surface area contributed by atoms with Gasteiger partial charge in [-0.1, -0.05) is 17.7 Å². The van der Waals surface area contributed by atoms with Gasteiger partial charge in [-0.15, -0.1) is 11.8 Å². The molecule has 0 aromatic heterocycles. The largest absolute Gasteiger partial charge is 0.326 e. The minimum absolute atomic E-state index is 0.152. The van der Waals surface area contributed by atoms with Crippen LogP contribution >= 0.6 is 23.4 Å². The first-order valence-electron chi connectivity index (χ1n) is 7.91. The molecule has 8 heteroatoms. The van der Waals surface area contributed by atoms with E-state index in [1.807, 2.05) is 31.2 Å². The quantitative estimate of drug-likeness (QED) is 0.697. The highest BCUT2D eigenvalue weighted by molar-refractivity contribution is 7.99. The molecule has 0 spiro atoms. The summed E-state index contributed by atoms with van der Waals surface area (Å²) in [5.41, 5.74) is 1.32. The van der Waals surface area contributed by atoms with Crippen LogP contribution in [0.25, 0.3) is 0 Å². The number of anilines is 1. The maximum absolute atomic E-state index is 12.2. The molecule has 0 aliphatic rings. The zero-order valence-corrected chi connectivity index (χ0v) is 17.2. The molecule has 0 unspecified atom stereocenters. The normalized spacial score (nSPS) is 11.6. The molecule has 2 aromatic carbocycles. The number of rotatable bonds is 7. The molecule has 1 N–H and O–H groups in total. The summed E-state index contributed by atoms with van der Waals surface area (Å²) in [5.74, 6) is 0.455. The van der Waals surface area contributed by atoms with Gasteiger partial charge in [-0.2, -0.15) is 0 Å². The Morgan fingerprint density at radius 2 is 1.81 bits per heavy atom. The second kappa shape index (κ2) is 8.90. The molecule has 0 saturated heterocycles. The van der Waals surface area contributed by atoms with Crippen molar-refractivity contribution in [3.8, 4) is 0 Å². The topological polar surface area (TPSA) is 66.5 Å². The van der Waals surface area contributed by atoms with Crippen molar-refractivity contribution in [3.63, 3.8) is 0 Å². The second-order valence-corrected chi connectivity index (χ2v) is 9.62. The lowest BCUT2D eigenvalue weighted by molar-refractivity contribution is -0.115. The third-order valence-electron chi connectivity index (χ3n) is 3.67. The van der Waals surface area contributed by atoms with Gasteiger partial charge in [0.15, 0.2) is 0 Å². The van der Waals surface area contributed by atoms with Crippen LogP contribution in [0.15, 0.2) is 52.3 Å². The van der Waals surface area contributed by atoms with Crippen molar-refractivity contribution < 1.29 is 13.2 Å². The summed E-state index contributed by atoms with van der Waals surface area (Å²) in [6, 6.07) is 12.2. The highest BCUT2D eigenvalue weighted by Crippen LogP contribution is 2.23. The molecule has 0 saturated carbocycles. The minimum Gasteiger partial charge on any atom is -0.326 e. The van der Waals surface area contributed by atoms with Crippen molar-refractivity contribution in [1.82, 2.24) is 4.31 Å². The molecule has 1 amide bonds. The van der Waals surface area contributed by atoms with Gasteiger partial charge in [0.25, 0.3) is 0 Å². The van der Waals surface area contributed by atoms with Crippen molar-refractivity contribution >= 4 is 45.0 Å². The Labute approximate surface area is 163 Å². The summed E-state index contributed by atoms with van der Waals surface area (Å²) in [5, 5.41) is 3.48. The number of nitrogens with zero attached hydrogens (tertiary/aromatic N) is 1. The summed E-state index contributed by atoms with van der Waals surface area (Å²) >= 11 is 7.41. The number of halogens is 1. The minimum atomic E-state index is -3.54. The number of thioether (sulfide) groups is 1. The highest BCUT2D eigenvalue weighted by atomic mass is 35.5. The molecule has 0 atom stereocenters. The molecule has 2 aromatic rings. The van der Waals surface area contributed by atoms with E-state index in [0.29, 0.717) is 22.9 Å². The van der Waals surface area contributed by atoms with E-state index < -0.39 is 10.0 Å². The van der Waals surface area contributed by atoms with E-state index in [1.165, 1.54) is 26.2 Å². The summed E-state index contributed by atoms with van der Waals surface area (Å²) in [6.07, 6.45) is 0.317. The van der Waals surface area contributed by atoms with Gasteiger partial charge < -0.3 is 5.32 Å². The fourth-order valence-corrected chi connectivity index (χ4v) is 4.02. The van der Waals surface area contributed by atoms with Gasteiger partial charge in [-0.3, -0.25) is 4.79 Å². The maximum Gasteiger partial charge on any atom is 0.242 e. The van der Waals surface area contributed by atoms with E-state index in [2.05, 4.69) is 5.32 Å². The Morgan fingerprint density at radius 3 is 2.42 bits per heavy atom. The van der Waals surface area contributed by atoms with Crippen LogP contribution in [0.4, 0.5) is 5.69 Å². The second-order valence-electron chi connectivity index (χ2n) is 5.86. The number of nitrogens with one attached hydrogen (secondary N) is 1. The zero-order valence-electron chi connectivity index (χ0n) is 14.8. The molecular formula is C18H21ClN2O3S2. The van der Waals surface area contributed by atoms with Crippen LogP contribution < -0.4 is 5.32 Å². The first-order chi connectivity index (χ1) is 12.2. The molecular weight excluding hydrogens is 392 g/mol. The van der Waals surface area contributed by atoms with E-state index >= 15 is 0 Å². The lowest BCUT2D eigenvalue weighted by Gasteiger charge is -2.14. The SMILES string of the molecule is Cc1ccc(S(=O)(=O)N(C)C)cc1NC(=O)CCSc1ccc(Cl)cc1. The van der Waals surface area contributed by atoms with Crippen LogP contribution in [0.3, 0.4) is 0 Å². The van der Waals surface area contributed by atoms with Crippen molar-refractivity contribution in [2.24, 2.45) is 0 Å². The average Bonchev–Trinajstić information content (AvgIpc) is 2.58. The molecule has 26 heavy (non-hydrogen) atoms. The molecule has 0 fully saturated rings. The Hall–Kier alpha value is -1.54. The Morgan fingerprint density at radius 1 is 1.15 bits per heavy atom. The van der Waals surface area contributed by atoms with Crippen LogP contribution in [-0.4, -0.2) is 38.5 Å². The Kier molecular flexibility index (Phi) is 7.11. The third-order valence-corrected chi connectivity index (χ3v) is 6.75. The fraction of sp³-hybridized carbons (Fsp3) is 0.278. The molecule has 0 aliphatic heterocycles. The summed E-state index contributed by atoms with van der Waals surface area (Å²) in [7, 11) is -0.594. The molecule has 140 valence electrons. The number of hydrogen-bond acceptors (Lipinski definition) is 4. The van der Waals surface area contributed by atoms with Gasteiger partial charge in [-0.25, -0.2) is 12.7 Å². The maximum atomic E-state index is 12.2. The fourth-order valence-electron chi connectivity index (χ4n) is 2.11. The van der Waals surface area contributed by atoms with E-state index in [4.69, 9.17) is 11.6 Å². The molecule has 0 bridgehead atoms. The van der Waals surface area contributed by atoms with E-state index in [9.17, 15) is 13.2 Å². The van der Waals surface area contributed by atoms with Gasteiger partial charge in [-0.05, 0) is 48.9 Å². The lowest BCUT2D eigenvalue weighted by Crippen LogP contribution is -2.22.